The number of carbonyl (C=O) groups is 2. The van der Waals surface area contributed by atoms with Crippen molar-refractivity contribution in [2.75, 3.05) is 36.6 Å². The summed E-state index contributed by atoms with van der Waals surface area (Å²) in [7, 11) is 3.56. The highest BCUT2D eigenvalue weighted by molar-refractivity contribution is 6.00. The SMILES string of the molecule is CN(C)CC(=O)Nc1ccc(F)c(Nc2nc(Nc3ccccc3C(N)=O)c3cc[nH]c3[nH+]2)c1. The summed E-state index contributed by atoms with van der Waals surface area (Å²) in [6.45, 7) is 0.195. The van der Waals surface area contributed by atoms with Crippen molar-refractivity contribution in [1.82, 2.24) is 14.9 Å². The number of anilines is 5. The number of hydrogen-bond donors (Lipinski definition) is 5. The lowest BCUT2D eigenvalue weighted by Crippen LogP contribution is -2.27. The maximum atomic E-state index is 14.5. The van der Waals surface area contributed by atoms with Gasteiger partial charge in [0.1, 0.15) is 5.69 Å². The number of aromatic amines is 2. The van der Waals surface area contributed by atoms with Gasteiger partial charge in [0.25, 0.3) is 5.91 Å². The first-order valence-electron chi connectivity index (χ1n) is 10.4. The van der Waals surface area contributed by atoms with Gasteiger partial charge in [-0.25, -0.2) is 9.37 Å². The molecular formula is C23H24FN8O2+. The number of amides is 2. The first kappa shape index (κ1) is 22.7. The van der Waals surface area contributed by atoms with Gasteiger partial charge in [-0.15, -0.1) is 0 Å². The van der Waals surface area contributed by atoms with Crippen molar-refractivity contribution >= 4 is 51.7 Å². The van der Waals surface area contributed by atoms with Gasteiger partial charge in [-0.05, 0) is 50.5 Å². The highest BCUT2D eigenvalue weighted by atomic mass is 19.1. The van der Waals surface area contributed by atoms with Gasteiger partial charge in [-0.1, -0.05) is 17.1 Å². The Morgan fingerprint density at radius 2 is 1.91 bits per heavy atom. The van der Waals surface area contributed by atoms with E-state index in [0.717, 1.165) is 5.39 Å². The largest absolute Gasteiger partial charge is 0.366 e. The third kappa shape index (κ3) is 5.10. The van der Waals surface area contributed by atoms with Crippen molar-refractivity contribution in [2.24, 2.45) is 5.73 Å². The lowest BCUT2D eigenvalue weighted by molar-refractivity contribution is -0.333. The smallest absolute Gasteiger partial charge is 0.351 e. The second-order valence-electron chi connectivity index (χ2n) is 7.84. The van der Waals surface area contributed by atoms with E-state index in [1.54, 1.807) is 55.5 Å². The number of benzene rings is 2. The van der Waals surface area contributed by atoms with Crippen LogP contribution in [0, 0.1) is 5.82 Å². The van der Waals surface area contributed by atoms with E-state index in [4.69, 9.17) is 5.73 Å². The molecule has 7 N–H and O–H groups in total. The Morgan fingerprint density at radius 3 is 2.68 bits per heavy atom. The first-order chi connectivity index (χ1) is 16.3. The van der Waals surface area contributed by atoms with Gasteiger partial charge in [0.2, 0.25) is 17.4 Å². The number of H-pyrrole nitrogens is 2. The van der Waals surface area contributed by atoms with E-state index in [0.29, 0.717) is 28.4 Å². The van der Waals surface area contributed by atoms with Crippen molar-refractivity contribution < 1.29 is 19.0 Å². The van der Waals surface area contributed by atoms with Gasteiger partial charge in [-0.3, -0.25) is 19.9 Å². The van der Waals surface area contributed by atoms with Crippen molar-refractivity contribution in [3.8, 4) is 0 Å². The van der Waals surface area contributed by atoms with E-state index in [-0.39, 0.29) is 24.1 Å². The predicted molar refractivity (Wildman–Crippen MR) is 128 cm³/mol. The topological polar surface area (TPSA) is 142 Å². The molecule has 0 aliphatic heterocycles. The molecule has 2 aromatic carbocycles. The minimum absolute atomic E-state index is 0.112. The maximum absolute atomic E-state index is 14.5. The number of rotatable bonds is 8. The zero-order valence-electron chi connectivity index (χ0n) is 18.6. The number of nitrogens with one attached hydrogen (secondary N) is 5. The summed E-state index contributed by atoms with van der Waals surface area (Å²) in [6.07, 6.45) is 1.72. The number of halogens is 1. The van der Waals surface area contributed by atoms with Crippen molar-refractivity contribution in [1.29, 1.82) is 0 Å². The van der Waals surface area contributed by atoms with Crippen LogP contribution >= 0.6 is 0 Å². The monoisotopic (exact) mass is 463 g/mol. The Labute approximate surface area is 194 Å². The first-order valence-corrected chi connectivity index (χ1v) is 10.4. The van der Waals surface area contributed by atoms with Crippen molar-refractivity contribution in [3.05, 3.63) is 66.1 Å². The molecule has 0 radical (unpaired) electrons. The second kappa shape index (κ2) is 9.55. The van der Waals surface area contributed by atoms with E-state index in [9.17, 15) is 14.0 Å². The highest BCUT2D eigenvalue weighted by Gasteiger charge is 2.18. The Balaban J connectivity index is 1.65. The molecule has 174 valence electrons. The van der Waals surface area contributed by atoms with Crippen LogP contribution < -0.4 is 26.7 Å². The molecule has 0 unspecified atom stereocenters. The summed E-state index contributed by atoms with van der Waals surface area (Å²) >= 11 is 0. The normalized spacial score (nSPS) is 10.9. The standard InChI is InChI=1S/C23H23FN8O2/c1-32(2)12-19(33)27-13-7-8-16(24)18(11-13)29-23-30-21-15(9-10-26-21)22(31-23)28-17-6-4-3-5-14(17)20(25)34/h3-11H,12H2,1-2H3,(H2,25,34)(H,27,33)(H3,26,28,29,30,31)/p+1. The molecule has 0 aliphatic carbocycles. The molecule has 0 aliphatic rings. The minimum atomic E-state index is -0.579. The summed E-state index contributed by atoms with van der Waals surface area (Å²) in [4.78, 5) is 36.2. The molecule has 10 nitrogen and oxygen atoms in total. The van der Waals surface area contributed by atoms with Crippen molar-refractivity contribution in [3.63, 3.8) is 0 Å². The van der Waals surface area contributed by atoms with Gasteiger partial charge in [0.15, 0.2) is 5.82 Å². The molecule has 11 heteroatoms. The van der Waals surface area contributed by atoms with Gasteiger partial charge >= 0.3 is 5.95 Å². The van der Waals surface area contributed by atoms with Gasteiger partial charge in [0.05, 0.1) is 23.2 Å². The third-order valence-corrected chi connectivity index (χ3v) is 4.88. The fraction of sp³-hybridized carbons (Fsp3) is 0.130. The number of nitrogens with zero attached hydrogens (tertiary/aromatic N) is 2. The molecule has 0 saturated carbocycles. The van der Waals surface area contributed by atoms with E-state index in [1.807, 2.05) is 0 Å². The lowest BCUT2D eigenvalue weighted by Gasteiger charge is -2.11. The Hall–Kier alpha value is -4.51. The van der Waals surface area contributed by atoms with Crippen molar-refractivity contribution in [2.45, 2.75) is 0 Å². The second-order valence-corrected chi connectivity index (χ2v) is 7.84. The number of likely N-dealkylation sites (N-methyl/N-ethyl adjacent to an activating group) is 1. The highest BCUT2D eigenvalue weighted by Crippen LogP contribution is 2.27. The molecule has 4 rings (SSSR count). The van der Waals surface area contributed by atoms with Gasteiger partial charge in [0, 0.05) is 11.9 Å². The molecule has 0 saturated heterocycles. The van der Waals surface area contributed by atoms with Crippen LogP contribution in [-0.4, -0.2) is 47.3 Å². The van der Waals surface area contributed by atoms with Gasteiger partial charge in [-0.2, -0.15) is 0 Å². The zero-order chi connectivity index (χ0) is 24.2. The Bertz CT molecular complexity index is 1370. The molecule has 0 atom stereocenters. The number of para-hydroxylation sites is 1. The summed E-state index contributed by atoms with van der Waals surface area (Å²) in [5.74, 6) is -0.684. The Kier molecular flexibility index (Phi) is 6.37. The lowest BCUT2D eigenvalue weighted by atomic mass is 10.1. The van der Waals surface area contributed by atoms with Gasteiger partial charge < -0.3 is 21.3 Å². The Morgan fingerprint density at radius 1 is 1.12 bits per heavy atom. The third-order valence-electron chi connectivity index (χ3n) is 4.88. The number of primary amides is 1. The van der Waals surface area contributed by atoms with Crippen LogP contribution in [0.15, 0.2) is 54.7 Å². The molecule has 2 heterocycles. The van der Waals surface area contributed by atoms with Crippen LogP contribution in [0.2, 0.25) is 0 Å². The van der Waals surface area contributed by atoms with E-state index >= 15 is 0 Å². The fourth-order valence-corrected chi connectivity index (χ4v) is 3.39. The van der Waals surface area contributed by atoms with E-state index in [1.165, 1.54) is 18.2 Å². The molecule has 4 aromatic rings. The van der Waals surface area contributed by atoms with E-state index in [2.05, 4.69) is 30.9 Å². The number of fused-ring (bicyclic) bond motifs is 1. The molecule has 34 heavy (non-hydrogen) atoms. The quantitative estimate of drug-likeness (QED) is 0.272. The molecule has 2 aromatic heterocycles. The summed E-state index contributed by atoms with van der Waals surface area (Å²) < 4.78 is 14.5. The number of hydrogen-bond acceptors (Lipinski definition) is 6. The summed E-state index contributed by atoms with van der Waals surface area (Å²) in [5, 5.41) is 9.50. The number of carbonyl (C=O) groups excluding carboxylic acids is 2. The molecule has 2 amide bonds. The summed E-state index contributed by atoms with van der Waals surface area (Å²) in [6, 6.07) is 12.8. The van der Waals surface area contributed by atoms with E-state index < -0.39 is 11.7 Å². The van der Waals surface area contributed by atoms with Crippen LogP contribution in [0.5, 0.6) is 0 Å². The molecular weight excluding hydrogens is 439 g/mol. The number of aromatic nitrogens is 3. The van der Waals surface area contributed by atoms with Crippen LogP contribution in [0.3, 0.4) is 0 Å². The van der Waals surface area contributed by atoms with Crippen LogP contribution in [0.1, 0.15) is 10.4 Å². The molecule has 0 fully saturated rings. The zero-order valence-corrected chi connectivity index (χ0v) is 18.6. The average molecular weight is 463 g/mol. The molecule has 0 bridgehead atoms. The fourth-order valence-electron chi connectivity index (χ4n) is 3.39. The van der Waals surface area contributed by atoms with Crippen LogP contribution in [0.4, 0.5) is 33.2 Å². The van der Waals surface area contributed by atoms with Crippen LogP contribution in [-0.2, 0) is 4.79 Å². The maximum Gasteiger partial charge on any atom is 0.351 e. The minimum Gasteiger partial charge on any atom is -0.366 e. The van der Waals surface area contributed by atoms with Crippen LogP contribution in [0.25, 0.3) is 11.0 Å². The predicted octanol–water partition coefficient (Wildman–Crippen LogP) is 2.60. The summed E-state index contributed by atoms with van der Waals surface area (Å²) in [5.41, 5.74) is 7.44. The average Bonchev–Trinajstić information content (AvgIpc) is 3.25. The number of nitrogens with two attached hydrogens (primary N) is 1. The molecule has 0 spiro atoms.